The van der Waals surface area contributed by atoms with Gasteiger partial charge < -0.3 is 9.64 Å². The number of ether oxygens (including phenoxy) is 1. The van der Waals surface area contributed by atoms with Gasteiger partial charge >= 0.3 is 0 Å². The topological polar surface area (TPSA) is 55.6 Å². The van der Waals surface area contributed by atoms with E-state index in [0.717, 1.165) is 6.54 Å². The molecule has 0 bridgehead atoms. The molecule has 1 aromatic rings. The molecule has 5 heteroatoms. The van der Waals surface area contributed by atoms with Crippen LogP contribution in [-0.2, 0) is 0 Å². The summed E-state index contributed by atoms with van der Waals surface area (Å²) in [6.07, 6.45) is 0. The Morgan fingerprint density at radius 1 is 1.60 bits per heavy atom. The second-order valence-electron chi connectivity index (χ2n) is 3.32. The predicted octanol–water partition coefficient (Wildman–Crippen LogP) is 1.34. The van der Waals surface area contributed by atoms with Crippen LogP contribution in [0.15, 0.2) is 18.2 Å². The molecule has 0 fully saturated rings. The molecule has 0 saturated heterocycles. The van der Waals surface area contributed by atoms with Gasteiger partial charge in [-0.3, -0.25) is 10.1 Å². The second kappa shape index (κ2) is 5.31. The first-order valence-corrected chi connectivity index (χ1v) is 4.53. The Morgan fingerprint density at radius 3 is 2.93 bits per heavy atom. The van der Waals surface area contributed by atoms with Crippen molar-refractivity contribution >= 4 is 5.69 Å². The van der Waals surface area contributed by atoms with Gasteiger partial charge in [0.15, 0.2) is 0 Å². The van der Waals surface area contributed by atoms with Crippen LogP contribution in [0, 0.1) is 16.2 Å². The Kier molecular flexibility index (Phi) is 4.05. The van der Waals surface area contributed by atoms with E-state index in [4.69, 9.17) is 4.74 Å². The molecule has 15 heavy (non-hydrogen) atoms. The molecular weight excluding hydrogens is 196 g/mol. The summed E-state index contributed by atoms with van der Waals surface area (Å²) < 4.78 is 5.34. The van der Waals surface area contributed by atoms with Crippen molar-refractivity contribution in [2.75, 3.05) is 27.2 Å². The fourth-order valence-electron chi connectivity index (χ4n) is 0.975. The first-order valence-electron chi connectivity index (χ1n) is 4.53. The van der Waals surface area contributed by atoms with Crippen LogP contribution in [0.25, 0.3) is 0 Å². The van der Waals surface area contributed by atoms with E-state index in [0.29, 0.717) is 12.4 Å². The van der Waals surface area contributed by atoms with Crippen molar-refractivity contribution in [1.82, 2.24) is 4.90 Å². The summed E-state index contributed by atoms with van der Waals surface area (Å²) in [5.41, 5.74) is -0.0719. The van der Waals surface area contributed by atoms with Crippen molar-refractivity contribution in [3.05, 3.63) is 34.4 Å². The zero-order chi connectivity index (χ0) is 11.3. The average molecular weight is 209 g/mol. The molecule has 0 aliphatic heterocycles. The van der Waals surface area contributed by atoms with E-state index in [9.17, 15) is 10.1 Å². The summed E-state index contributed by atoms with van der Waals surface area (Å²) in [5, 5.41) is 10.4. The van der Waals surface area contributed by atoms with E-state index in [1.165, 1.54) is 12.1 Å². The zero-order valence-electron chi connectivity index (χ0n) is 8.77. The maximum absolute atomic E-state index is 10.4. The minimum atomic E-state index is -0.487. The molecule has 0 saturated carbocycles. The molecule has 1 aromatic carbocycles. The lowest BCUT2D eigenvalue weighted by molar-refractivity contribution is -0.385. The summed E-state index contributed by atoms with van der Waals surface area (Å²) >= 11 is 0. The van der Waals surface area contributed by atoms with Gasteiger partial charge in [-0.1, -0.05) is 0 Å². The maximum atomic E-state index is 10.4. The van der Waals surface area contributed by atoms with E-state index in [1.54, 1.807) is 6.07 Å². The first kappa shape index (κ1) is 11.5. The molecule has 5 nitrogen and oxygen atoms in total. The number of nitro benzene ring substituents is 1. The van der Waals surface area contributed by atoms with Gasteiger partial charge in [-0.05, 0) is 26.2 Å². The van der Waals surface area contributed by atoms with Crippen LogP contribution in [0.2, 0.25) is 0 Å². The molecule has 0 aliphatic carbocycles. The summed E-state index contributed by atoms with van der Waals surface area (Å²) in [6.45, 7) is 1.28. The van der Waals surface area contributed by atoms with Crippen LogP contribution in [0.1, 0.15) is 0 Å². The molecule has 0 spiro atoms. The summed E-state index contributed by atoms with van der Waals surface area (Å²) in [4.78, 5) is 11.9. The number of hydrogen-bond acceptors (Lipinski definition) is 4. The third-order valence-electron chi connectivity index (χ3n) is 1.76. The normalized spacial score (nSPS) is 10.3. The van der Waals surface area contributed by atoms with E-state index in [2.05, 4.69) is 6.07 Å². The van der Waals surface area contributed by atoms with Gasteiger partial charge in [0.2, 0.25) is 0 Å². The van der Waals surface area contributed by atoms with Crippen LogP contribution in [0.4, 0.5) is 5.69 Å². The molecule has 0 heterocycles. The molecule has 81 valence electrons. The van der Waals surface area contributed by atoms with Gasteiger partial charge in [0, 0.05) is 6.54 Å². The highest BCUT2D eigenvalue weighted by Gasteiger charge is 2.06. The summed E-state index contributed by atoms with van der Waals surface area (Å²) in [5.74, 6) is 0.502. The SMILES string of the molecule is CN(C)CCOc1cc[c]c([N+](=O)[O-])c1. The highest BCUT2D eigenvalue weighted by molar-refractivity contribution is 5.36. The molecule has 0 aliphatic rings. The molecule has 0 atom stereocenters. The highest BCUT2D eigenvalue weighted by Crippen LogP contribution is 2.18. The molecule has 0 amide bonds. The number of non-ortho nitro benzene ring substituents is 1. The predicted molar refractivity (Wildman–Crippen MR) is 56.0 cm³/mol. The van der Waals surface area contributed by atoms with Crippen molar-refractivity contribution in [2.45, 2.75) is 0 Å². The number of benzene rings is 1. The van der Waals surface area contributed by atoms with Crippen molar-refractivity contribution in [3.8, 4) is 5.75 Å². The van der Waals surface area contributed by atoms with E-state index in [-0.39, 0.29) is 5.69 Å². The van der Waals surface area contributed by atoms with Crippen LogP contribution in [-0.4, -0.2) is 37.1 Å². The quantitative estimate of drug-likeness (QED) is 0.542. The molecule has 1 rings (SSSR count). The number of hydrogen-bond donors (Lipinski definition) is 0. The molecule has 0 aromatic heterocycles. The van der Waals surface area contributed by atoms with E-state index < -0.39 is 4.92 Å². The van der Waals surface area contributed by atoms with Gasteiger partial charge in [0.05, 0.1) is 17.1 Å². The van der Waals surface area contributed by atoms with Crippen molar-refractivity contribution in [2.24, 2.45) is 0 Å². The first-order chi connectivity index (χ1) is 7.09. The average Bonchev–Trinajstić information content (AvgIpc) is 2.17. The molecule has 0 N–H and O–H groups in total. The number of likely N-dealkylation sites (N-methyl/N-ethyl adjacent to an activating group) is 1. The van der Waals surface area contributed by atoms with Crippen molar-refractivity contribution in [1.29, 1.82) is 0 Å². The van der Waals surface area contributed by atoms with Crippen LogP contribution < -0.4 is 4.74 Å². The monoisotopic (exact) mass is 209 g/mol. The summed E-state index contributed by atoms with van der Waals surface area (Å²) in [6, 6.07) is 7.03. The highest BCUT2D eigenvalue weighted by atomic mass is 16.6. The lowest BCUT2D eigenvalue weighted by Crippen LogP contribution is -2.19. The minimum absolute atomic E-state index is 0.0719. The van der Waals surface area contributed by atoms with Crippen LogP contribution >= 0.6 is 0 Å². The van der Waals surface area contributed by atoms with Gasteiger partial charge in [0.1, 0.15) is 12.4 Å². The largest absolute Gasteiger partial charge is 0.492 e. The fourth-order valence-corrected chi connectivity index (χ4v) is 0.975. The Bertz CT molecular complexity index is 339. The third-order valence-corrected chi connectivity index (χ3v) is 1.76. The Morgan fingerprint density at radius 2 is 2.33 bits per heavy atom. The molecule has 1 radical (unpaired) electrons. The lowest BCUT2D eigenvalue weighted by atomic mass is 10.3. The number of nitrogens with zero attached hydrogens (tertiary/aromatic N) is 2. The van der Waals surface area contributed by atoms with E-state index >= 15 is 0 Å². The lowest BCUT2D eigenvalue weighted by Gasteiger charge is -2.10. The second-order valence-corrected chi connectivity index (χ2v) is 3.32. The Balaban J connectivity index is 2.54. The standard InChI is InChI=1S/C10H13N2O3/c1-11(2)6-7-15-10-5-3-4-9(8-10)12(13)14/h3,5,8H,6-7H2,1-2H3. The smallest absolute Gasteiger partial charge is 0.281 e. The molecule has 0 unspecified atom stereocenters. The van der Waals surface area contributed by atoms with E-state index in [1.807, 2.05) is 19.0 Å². The van der Waals surface area contributed by atoms with Crippen molar-refractivity contribution < 1.29 is 9.66 Å². The minimum Gasteiger partial charge on any atom is -0.492 e. The number of rotatable bonds is 5. The fraction of sp³-hybridized carbons (Fsp3) is 0.400. The Labute approximate surface area is 88.4 Å². The van der Waals surface area contributed by atoms with Crippen LogP contribution in [0.5, 0.6) is 5.75 Å². The van der Waals surface area contributed by atoms with Gasteiger partial charge in [-0.2, -0.15) is 0 Å². The van der Waals surface area contributed by atoms with Gasteiger partial charge in [-0.15, -0.1) is 0 Å². The number of nitro groups is 1. The van der Waals surface area contributed by atoms with Crippen molar-refractivity contribution in [3.63, 3.8) is 0 Å². The van der Waals surface area contributed by atoms with Gasteiger partial charge in [0.25, 0.3) is 5.69 Å². The summed E-state index contributed by atoms with van der Waals surface area (Å²) in [7, 11) is 3.87. The Hall–Kier alpha value is -1.62. The third kappa shape index (κ3) is 3.95. The zero-order valence-corrected chi connectivity index (χ0v) is 8.77. The maximum Gasteiger partial charge on any atom is 0.281 e. The molecular formula is C10H13N2O3. The van der Waals surface area contributed by atoms with Crippen LogP contribution in [0.3, 0.4) is 0 Å². The van der Waals surface area contributed by atoms with Gasteiger partial charge in [-0.25, -0.2) is 0 Å².